The summed E-state index contributed by atoms with van der Waals surface area (Å²) in [6.45, 7) is 1.88. The molecule has 0 radical (unpaired) electrons. The van der Waals surface area contributed by atoms with Crippen LogP contribution in [0.15, 0.2) is 29.2 Å². The molecule has 0 spiro atoms. The first-order valence-electron chi connectivity index (χ1n) is 6.18. The predicted octanol–water partition coefficient (Wildman–Crippen LogP) is 2.86. The summed E-state index contributed by atoms with van der Waals surface area (Å²) in [5, 5.41) is -0.353. The van der Waals surface area contributed by atoms with Gasteiger partial charge in [0, 0.05) is 18.5 Å². The van der Waals surface area contributed by atoms with Crippen LogP contribution >= 0.6 is 12.0 Å². The molecule has 0 aliphatic heterocycles. The first kappa shape index (κ1) is 14.6. The second-order valence-electron chi connectivity index (χ2n) is 4.63. The van der Waals surface area contributed by atoms with E-state index in [1.165, 1.54) is 12.1 Å². The van der Waals surface area contributed by atoms with E-state index in [0.29, 0.717) is 12.8 Å². The Hall–Kier alpha value is -0.850. The Kier molecular flexibility index (Phi) is 4.65. The van der Waals surface area contributed by atoms with Gasteiger partial charge in [-0.3, -0.25) is 4.79 Å². The standard InChI is InChI=1S/C13H16O4S2/c1-10-6-8-11(9-7-10)19(15,16)17-18-13-5-3-2-4-12(13)14/h6-9,13H,2-5H2,1H3. The van der Waals surface area contributed by atoms with Gasteiger partial charge < -0.3 is 0 Å². The molecule has 0 amide bonds. The summed E-state index contributed by atoms with van der Waals surface area (Å²) in [5.74, 6) is 0.0790. The van der Waals surface area contributed by atoms with E-state index in [0.717, 1.165) is 30.4 Å². The number of benzene rings is 1. The van der Waals surface area contributed by atoms with Gasteiger partial charge in [-0.05, 0) is 31.9 Å². The minimum absolute atomic E-state index is 0.0790. The van der Waals surface area contributed by atoms with Crippen LogP contribution in [0.1, 0.15) is 31.2 Å². The van der Waals surface area contributed by atoms with Gasteiger partial charge in [-0.2, -0.15) is 12.0 Å². The lowest BCUT2D eigenvalue weighted by atomic mass is 9.99. The molecule has 1 aromatic rings. The first-order valence-corrected chi connectivity index (χ1v) is 8.40. The van der Waals surface area contributed by atoms with Crippen molar-refractivity contribution in [3.63, 3.8) is 0 Å². The minimum atomic E-state index is -3.79. The van der Waals surface area contributed by atoms with Crippen LogP contribution in [0.3, 0.4) is 0 Å². The average Bonchev–Trinajstić information content (AvgIpc) is 2.38. The van der Waals surface area contributed by atoms with Crippen molar-refractivity contribution >= 4 is 27.9 Å². The van der Waals surface area contributed by atoms with Crippen molar-refractivity contribution in [3.05, 3.63) is 29.8 Å². The zero-order chi connectivity index (χ0) is 13.9. The lowest BCUT2D eigenvalue weighted by molar-refractivity contribution is -0.119. The largest absolute Gasteiger partial charge is 0.307 e. The van der Waals surface area contributed by atoms with Gasteiger partial charge in [0.15, 0.2) is 0 Å². The first-order chi connectivity index (χ1) is 8.99. The molecule has 2 rings (SSSR count). The van der Waals surface area contributed by atoms with Crippen LogP contribution in [0.25, 0.3) is 0 Å². The molecule has 0 N–H and O–H groups in total. The summed E-state index contributed by atoms with van der Waals surface area (Å²) >= 11 is 0.774. The van der Waals surface area contributed by atoms with E-state index in [2.05, 4.69) is 0 Å². The van der Waals surface area contributed by atoms with Crippen molar-refractivity contribution in [1.29, 1.82) is 0 Å². The predicted molar refractivity (Wildman–Crippen MR) is 74.3 cm³/mol. The molecule has 1 aliphatic carbocycles. The lowest BCUT2D eigenvalue weighted by Gasteiger charge is -2.18. The number of carbonyl (C=O) groups excluding carboxylic acids is 1. The Balaban J connectivity index is 2.01. The van der Waals surface area contributed by atoms with Crippen molar-refractivity contribution in [2.75, 3.05) is 0 Å². The molecular weight excluding hydrogens is 284 g/mol. The summed E-state index contributed by atoms with van der Waals surface area (Å²) in [5.41, 5.74) is 0.981. The van der Waals surface area contributed by atoms with Crippen molar-refractivity contribution in [1.82, 2.24) is 0 Å². The molecular formula is C13H16O4S2. The summed E-state index contributed by atoms with van der Waals surface area (Å²) in [4.78, 5) is 11.7. The van der Waals surface area contributed by atoms with Gasteiger partial charge in [0.2, 0.25) is 0 Å². The third-order valence-corrected chi connectivity index (χ3v) is 5.66. The summed E-state index contributed by atoms with van der Waals surface area (Å²) in [6.07, 6.45) is 3.04. The van der Waals surface area contributed by atoms with E-state index in [1.807, 2.05) is 6.92 Å². The fourth-order valence-electron chi connectivity index (χ4n) is 1.90. The van der Waals surface area contributed by atoms with Crippen LogP contribution < -0.4 is 0 Å². The van der Waals surface area contributed by atoms with E-state index in [-0.39, 0.29) is 15.9 Å². The molecule has 0 bridgehead atoms. The van der Waals surface area contributed by atoms with Crippen LogP contribution in [-0.4, -0.2) is 19.5 Å². The number of rotatable bonds is 4. The maximum atomic E-state index is 11.9. The Morgan fingerprint density at radius 3 is 2.53 bits per heavy atom. The third-order valence-electron chi connectivity index (χ3n) is 3.05. The van der Waals surface area contributed by atoms with Gasteiger partial charge in [0.25, 0.3) is 0 Å². The topological polar surface area (TPSA) is 60.4 Å². The molecule has 19 heavy (non-hydrogen) atoms. The number of Topliss-reactive ketones (excluding diaryl/α,β-unsaturated/α-hetero) is 1. The van der Waals surface area contributed by atoms with E-state index in [1.54, 1.807) is 12.1 Å². The molecule has 104 valence electrons. The fourth-order valence-corrected chi connectivity index (χ4v) is 3.96. The zero-order valence-corrected chi connectivity index (χ0v) is 12.3. The highest BCUT2D eigenvalue weighted by atomic mass is 32.3. The highest BCUT2D eigenvalue weighted by Gasteiger charge is 2.26. The summed E-state index contributed by atoms with van der Waals surface area (Å²) in [6, 6.07) is 6.45. The third kappa shape index (κ3) is 3.81. The van der Waals surface area contributed by atoms with Gasteiger partial charge >= 0.3 is 10.1 Å². The van der Waals surface area contributed by atoms with Crippen LogP contribution in [0, 0.1) is 6.92 Å². The Labute approximate surface area is 117 Å². The molecule has 0 heterocycles. The summed E-state index contributed by atoms with van der Waals surface area (Å²) in [7, 11) is -3.79. The number of ketones is 1. The van der Waals surface area contributed by atoms with Gasteiger partial charge in [0.1, 0.15) is 5.78 Å². The smallest absolute Gasteiger partial charge is 0.298 e. The highest BCUT2D eigenvalue weighted by Crippen LogP contribution is 2.29. The van der Waals surface area contributed by atoms with Crippen LogP contribution in [-0.2, 0) is 18.5 Å². The Morgan fingerprint density at radius 2 is 1.89 bits per heavy atom. The molecule has 1 aliphatic rings. The Morgan fingerprint density at radius 1 is 1.21 bits per heavy atom. The number of hydrogen-bond donors (Lipinski definition) is 0. The highest BCUT2D eigenvalue weighted by molar-refractivity contribution is 8.05. The van der Waals surface area contributed by atoms with Crippen molar-refractivity contribution in [2.45, 2.75) is 42.8 Å². The van der Waals surface area contributed by atoms with Gasteiger partial charge in [-0.1, -0.05) is 24.1 Å². The summed E-state index contributed by atoms with van der Waals surface area (Å²) < 4.78 is 28.8. The fraction of sp³-hybridized carbons (Fsp3) is 0.462. The maximum absolute atomic E-state index is 11.9. The molecule has 0 saturated heterocycles. The SMILES string of the molecule is Cc1ccc(S(=O)(=O)OSC2CCCCC2=O)cc1. The van der Waals surface area contributed by atoms with E-state index >= 15 is 0 Å². The molecule has 0 aromatic heterocycles. The lowest BCUT2D eigenvalue weighted by Crippen LogP contribution is -2.22. The molecule has 1 unspecified atom stereocenters. The molecule has 1 aromatic carbocycles. The van der Waals surface area contributed by atoms with Crippen LogP contribution in [0.2, 0.25) is 0 Å². The van der Waals surface area contributed by atoms with Gasteiger partial charge in [-0.15, -0.1) is 0 Å². The number of hydrogen-bond acceptors (Lipinski definition) is 5. The molecule has 6 heteroatoms. The van der Waals surface area contributed by atoms with Gasteiger partial charge in [0.05, 0.1) is 10.1 Å². The van der Waals surface area contributed by atoms with Gasteiger partial charge in [-0.25, -0.2) is 0 Å². The average molecular weight is 300 g/mol. The molecule has 4 nitrogen and oxygen atoms in total. The van der Waals surface area contributed by atoms with E-state index in [9.17, 15) is 13.2 Å². The minimum Gasteiger partial charge on any atom is -0.298 e. The van der Waals surface area contributed by atoms with Crippen LogP contribution in [0.5, 0.6) is 0 Å². The monoisotopic (exact) mass is 300 g/mol. The normalized spacial score (nSPS) is 20.5. The van der Waals surface area contributed by atoms with E-state index < -0.39 is 10.1 Å². The van der Waals surface area contributed by atoms with Crippen molar-refractivity contribution in [2.24, 2.45) is 0 Å². The second-order valence-corrected chi connectivity index (χ2v) is 7.32. The molecule has 1 saturated carbocycles. The van der Waals surface area contributed by atoms with Crippen molar-refractivity contribution in [3.8, 4) is 0 Å². The number of aryl methyl sites for hydroxylation is 1. The van der Waals surface area contributed by atoms with Crippen molar-refractivity contribution < 1.29 is 16.8 Å². The van der Waals surface area contributed by atoms with Crippen LogP contribution in [0.4, 0.5) is 0 Å². The Bertz CT molecular complexity index is 549. The molecule has 1 fully saturated rings. The molecule has 1 atom stereocenters. The second kappa shape index (κ2) is 6.07. The quantitative estimate of drug-likeness (QED) is 0.800. The van der Waals surface area contributed by atoms with E-state index in [4.69, 9.17) is 3.63 Å². The maximum Gasteiger partial charge on any atom is 0.307 e. The number of carbonyl (C=O) groups is 1. The zero-order valence-electron chi connectivity index (χ0n) is 10.7.